The highest BCUT2D eigenvalue weighted by Crippen LogP contribution is 2.18. The maximum absolute atomic E-state index is 12.1. The van der Waals surface area contributed by atoms with E-state index < -0.39 is 0 Å². The maximum Gasteiger partial charge on any atom is 0.410 e. The van der Waals surface area contributed by atoms with Crippen LogP contribution in [0.3, 0.4) is 0 Å². The summed E-state index contributed by atoms with van der Waals surface area (Å²) >= 11 is 0. The van der Waals surface area contributed by atoms with Crippen LogP contribution in [-0.2, 0) is 20.9 Å². The molecule has 3 rings (SSSR count). The SMILES string of the molecule is O=C1COC2CN(C(=O)OCc3ccccc3)CCC2N1. The van der Waals surface area contributed by atoms with E-state index in [1.165, 1.54) is 0 Å². The number of piperidine rings is 1. The zero-order valence-corrected chi connectivity index (χ0v) is 11.7. The minimum atomic E-state index is -0.335. The van der Waals surface area contributed by atoms with E-state index in [1.807, 2.05) is 30.3 Å². The molecule has 1 N–H and O–H groups in total. The lowest BCUT2D eigenvalue weighted by Gasteiger charge is -2.40. The normalized spacial score (nSPS) is 25.0. The number of ether oxygens (including phenoxy) is 2. The van der Waals surface area contributed by atoms with Crippen molar-refractivity contribution in [1.29, 1.82) is 0 Å². The van der Waals surface area contributed by atoms with Gasteiger partial charge < -0.3 is 19.7 Å². The largest absolute Gasteiger partial charge is 0.445 e. The van der Waals surface area contributed by atoms with E-state index in [0.29, 0.717) is 19.5 Å². The molecule has 21 heavy (non-hydrogen) atoms. The summed E-state index contributed by atoms with van der Waals surface area (Å²) in [6.07, 6.45) is 0.218. The molecule has 6 heteroatoms. The van der Waals surface area contributed by atoms with E-state index in [2.05, 4.69) is 5.32 Å². The van der Waals surface area contributed by atoms with Crippen LogP contribution in [0.4, 0.5) is 4.79 Å². The van der Waals surface area contributed by atoms with Gasteiger partial charge in [-0.1, -0.05) is 30.3 Å². The fourth-order valence-corrected chi connectivity index (χ4v) is 2.66. The van der Waals surface area contributed by atoms with Crippen molar-refractivity contribution in [2.75, 3.05) is 19.7 Å². The second kappa shape index (κ2) is 6.13. The van der Waals surface area contributed by atoms with Gasteiger partial charge in [0.05, 0.1) is 18.7 Å². The van der Waals surface area contributed by atoms with Crippen LogP contribution in [0, 0.1) is 0 Å². The van der Waals surface area contributed by atoms with Crippen molar-refractivity contribution in [2.24, 2.45) is 0 Å². The quantitative estimate of drug-likeness (QED) is 0.879. The van der Waals surface area contributed by atoms with Gasteiger partial charge in [-0.3, -0.25) is 4.79 Å². The highest BCUT2D eigenvalue weighted by atomic mass is 16.6. The fourth-order valence-electron chi connectivity index (χ4n) is 2.66. The van der Waals surface area contributed by atoms with Crippen molar-refractivity contribution in [2.45, 2.75) is 25.2 Å². The third-order valence-electron chi connectivity index (χ3n) is 3.80. The molecule has 1 aromatic carbocycles. The molecule has 0 bridgehead atoms. The van der Waals surface area contributed by atoms with Crippen LogP contribution in [-0.4, -0.2) is 48.7 Å². The van der Waals surface area contributed by atoms with Gasteiger partial charge in [-0.25, -0.2) is 4.79 Å². The van der Waals surface area contributed by atoms with Crippen molar-refractivity contribution in [3.8, 4) is 0 Å². The number of hydrogen-bond acceptors (Lipinski definition) is 4. The summed E-state index contributed by atoms with van der Waals surface area (Å²) in [5.41, 5.74) is 0.960. The van der Waals surface area contributed by atoms with Crippen LogP contribution >= 0.6 is 0 Å². The summed E-state index contributed by atoms with van der Waals surface area (Å²) in [4.78, 5) is 25.0. The van der Waals surface area contributed by atoms with Gasteiger partial charge in [0.1, 0.15) is 13.2 Å². The highest BCUT2D eigenvalue weighted by Gasteiger charge is 2.36. The van der Waals surface area contributed by atoms with Crippen LogP contribution in [0.1, 0.15) is 12.0 Å². The monoisotopic (exact) mass is 290 g/mol. The van der Waals surface area contributed by atoms with E-state index in [1.54, 1.807) is 4.90 Å². The van der Waals surface area contributed by atoms with Gasteiger partial charge in [0.2, 0.25) is 5.91 Å². The number of benzene rings is 1. The van der Waals surface area contributed by atoms with Gasteiger partial charge in [-0.15, -0.1) is 0 Å². The first-order chi connectivity index (χ1) is 10.2. The molecule has 2 amide bonds. The zero-order chi connectivity index (χ0) is 14.7. The summed E-state index contributed by atoms with van der Waals surface area (Å²) in [7, 11) is 0. The van der Waals surface area contributed by atoms with Gasteiger partial charge in [0.15, 0.2) is 0 Å². The summed E-state index contributed by atoms with van der Waals surface area (Å²) in [6, 6.07) is 9.58. The topological polar surface area (TPSA) is 67.9 Å². The Hall–Kier alpha value is -2.08. The molecule has 2 atom stereocenters. The number of carbonyl (C=O) groups is 2. The number of nitrogens with one attached hydrogen (secondary N) is 1. The lowest BCUT2D eigenvalue weighted by atomic mass is 10.0. The van der Waals surface area contributed by atoms with Crippen LogP contribution in [0.25, 0.3) is 0 Å². The Morgan fingerprint density at radius 1 is 1.38 bits per heavy atom. The number of carbonyl (C=O) groups excluding carboxylic acids is 2. The number of fused-ring (bicyclic) bond motifs is 1. The molecule has 0 saturated carbocycles. The van der Waals surface area contributed by atoms with Crippen molar-refractivity contribution < 1.29 is 19.1 Å². The molecule has 0 aliphatic carbocycles. The van der Waals surface area contributed by atoms with Gasteiger partial charge in [-0.2, -0.15) is 0 Å². The van der Waals surface area contributed by atoms with Gasteiger partial charge in [0, 0.05) is 6.54 Å². The Labute approximate surface area is 123 Å². The van der Waals surface area contributed by atoms with E-state index in [9.17, 15) is 9.59 Å². The molecule has 2 saturated heterocycles. The first-order valence-electron chi connectivity index (χ1n) is 7.09. The minimum Gasteiger partial charge on any atom is -0.445 e. The number of nitrogens with zero attached hydrogens (tertiary/aromatic N) is 1. The van der Waals surface area contributed by atoms with Crippen LogP contribution in [0.5, 0.6) is 0 Å². The molecule has 0 aromatic heterocycles. The van der Waals surface area contributed by atoms with E-state index in [-0.39, 0.29) is 37.4 Å². The molecule has 6 nitrogen and oxygen atoms in total. The van der Waals surface area contributed by atoms with Crippen molar-refractivity contribution in [3.05, 3.63) is 35.9 Å². The minimum absolute atomic E-state index is 0.00410. The number of morpholine rings is 1. The third kappa shape index (κ3) is 3.33. The fraction of sp³-hybridized carbons (Fsp3) is 0.467. The van der Waals surface area contributed by atoms with Gasteiger partial charge in [-0.05, 0) is 12.0 Å². The summed E-state index contributed by atoms with van der Waals surface area (Å²) in [5.74, 6) is -0.0867. The Morgan fingerprint density at radius 2 is 2.19 bits per heavy atom. The second-order valence-corrected chi connectivity index (χ2v) is 5.30. The number of likely N-dealkylation sites (tertiary alicyclic amines) is 1. The molecule has 2 heterocycles. The Morgan fingerprint density at radius 3 is 3.00 bits per heavy atom. The second-order valence-electron chi connectivity index (χ2n) is 5.30. The zero-order valence-electron chi connectivity index (χ0n) is 11.7. The van der Waals surface area contributed by atoms with Crippen LogP contribution in [0.15, 0.2) is 30.3 Å². The Kier molecular flexibility index (Phi) is 4.06. The molecule has 0 radical (unpaired) electrons. The van der Waals surface area contributed by atoms with Crippen molar-refractivity contribution in [3.63, 3.8) is 0 Å². The Balaban J connectivity index is 1.51. The number of amides is 2. The molecule has 2 fully saturated rings. The first kappa shape index (κ1) is 13.9. The molecule has 0 spiro atoms. The van der Waals surface area contributed by atoms with Gasteiger partial charge in [0.25, 0.3) is 0 Å². The number of hydrogen-bond donors (Lipinski definition) is 1. The third-order valence-corrected chi connectivity index (χ3v) is 3.80. The summed E-state index contributed by atoms with van der Waals surface area (Å²) in [6.45, 7) is 1.35. The molecule has 112 valence electrons. The molecule has 2 aliphatic rings. The molecular formula is C15H18N2O4. The molecule has 1 aromatic rings. The molecular weight excluding hydrogens is 272 g/mol. The smallest absolute Gasteiger partial charge is 0.410 e. The van der Waals surface area contributed by atoms with Gasteiger partial charge >= 0.3 is 6.09 Å². The van der Waals surface area contributed by atoms with Crippen molar-refractivity contribution >= 4 is 12.0 Å². The lowest BCUT2D eigenvalue weighted by molar-refractivity contribution is -0.140. The highest BCUT2D eigenvalue weighted by molar-refractivity contribution is 5.78. The van der Waals surface area contributed by atoms with E-state index >= 15 is 0 Å². The molecule has 2 aliphatic heterocycles. The van der Waals surface area contributed by atoms with E-state index in [4.69, 9.17) is 9.47 Å². The summed E-state index contributed by atoms with van der Waals surface area (Å²) < 4.78 is 10.8. The first-order valence-corrected chi connectivity index (χ1v) is 7.09. The predicted molar refractivity (Wildman–Crippen MR) is 74.5 cm³/mol. The lowest BCUT2D eigenvalue weighted by Crippen LogP contribution is -2.60. The standard InChI is InChI=1S/C15H18N2O4/c18-14-10-20-13-8-17(7-6-12(13)16-14)15(19)21-9-11-4-2-1-3-5-11/h1-5,12-13H,6-10H2,(H,16,18). The maximum atomic E-state index is 12.1. The number of rotatable bonds is 2. The van der Waals surface area contributed by atoms with Crippen molar-refractivity contribution in [1.82, 2.24) is 10.2 Å². The average Bonchev–Trinajstić information content (AvgIpc) is 2.53. The average molecular weight is 290 g/mol. The summed E-state index contributed by atoms with van der Waals surface area (Å²) in [5, 5.41) is 2.89. The van der Waals surface area contributed by atoms with Crippen LogP contribution in [0.2, 0.25) is 0 Å². The predicted octanol–water partition coefficient (Wildman–Crippen LogP) is 0.913. The molecule has 2 unspecified atom stereocenters. The Bertz CT molecular complexity index is 520. The van der Waals surface area contributed by atoms with Crippen LogP contribution < -0.4 is 5.32 Å². The van der Waals surface area contributed by atoms with E-state index in [0.717, 1.165) is 5.56 Å².